The minimum absolute atomic E-state index is 0.0629. The first-order valence-corrected chi connectivity index (χ1v) is 7.34. The fourth-order valence-corrected chi connectivity index (χ4v) is 2.87. The van der Waals surface area contributed by atoms with Crippen molar-refractivity contribution in [1.29, 1.82) is 5.26 Å². The Kier molecular flexibility index (Phi) is 5.18. The molecule has 6 heteroatoms. The van der Waals surface area contributed by atoms with E-state index in [0.29, 0.717) is 22.8 Å². The molecule has 1 aliphatic heterocycles. The first kappa shape index (κ1) is 15.8. The number of benzene rings is 1. The monoisotopic (exact) mass is 308 g/mol. The van der Waals surface area contributed by atoms with Gasteiger partial charge in [0.05, 0.1) is 10.6 Å². The molecule has 5 nitrogen and oxygen atoms in total. The average molecular weight is 309 g/mol. The van der Waals surface area contributed by atoms with Crippen LogP contribution in [0, 0.1) is 11.3 Å². The van der Waals surface area contributed by atoms with Crippen LogP contribution in [0.25, 0.3) is 0 Å². The number of anilines is 1. The van der Waals surface area contributed by atoms with Gasteiger partial charge in [0, 0.05) is 5.69 Å². The van der Waals surface area contributed by atoms with E-state index < -0.39 is 0 Å². The van der Waals surface area contributed by atoms with Crippen molar-refractivity contribution < 1.29 is 14.4 Å². The average Bonchev–Trinajstić information content (AvgIpc) is 2.37. The van der Waals surface area contributed by atoms with E-state index in [2.05, 4.69) is 5.32 Å². The van der Waals surface area contributed by atoms with Crippen LogP contribution in [0.5, 0.6) is 0 Å². The van der Waals surface area contributed by atoms with Gasteiger partial charge in [-0.3, -0.25) is 4.79 Å². The maximum Gasteiger partial charge on any atom is 0.279 e. The molecule has 0 radical (unpaired) electrons. The number of nitrogens with one attached hydrogen (secondary N) is 2. The molecule has 2 atom stereocenters. The maximum atomic E-state index is 12.1. The number of quaternary nitrogens is 1. The Morgan fingerprint density at radius 1 is 1.48 bits per heavy atom. The van der Waals surface area contributed by atoms with Crippen molar-refractivity contribution in [2.75, 3.05) is 25.0 Å². The zero-order valence-corrected chi connectivity index (χ0v) is 12.9. The summed E-state index contributed by atoms with van der Waals surface area (Å²) in [5.41, 5.74) is 1.01. The standard InChI is InChI=1S/C15H18ClN3O2/c1-10-7-19(8-11(2)21-10)9-15(20)18-13-4-3-12(6-17)14(16)5-13/h3-5,10-11H,7-9H2,1-2H3,(H,18,20)/p+1/t10-,11-/m1/s1. The molecule has 1 aliphatic rings. The Labute approximate surface area is 129 Å². The lowest BCUT2D eigenvalue weighted by Crippen LogP contribution is -3.16. The van der Waals surface area contributed by atoms with Crippen LogP contribution >= 0.6 is 11.6 Å². The van der Waals surface area contributed by atoms with E-state index in [1.54, 1.807) is 18.2 Å². The highest BCUT2D eigenvalue weighted by Crippen LogP contribution is 2.19. The van der Waals surface area contributed by atoms with Gasteiger partial charge in [-0.05, 0) is 32.0 Å². The van der Waals surface area contributed by atoms with Crippen molar-refractivity contribution >= 4 is 23.2 Å². The molecule has 0 aliphatic carbocycles. The highest BCUT2D eigenvalue weighted by Gasteiger charge is 2.27. The summed E-state index contributed by atoms with van der Waals surface area (Å²) in [6.07, 6.45) is 0.335. The van der Waals surface area contributed by atoms with Gasteiger partial charge in [0.1, 0.15) is 31.4 Å². The van der Waals surface area contributed by atoms with Crippen LogP contribution in [0.2, 0.25) is 5.02 Å². The largest absolute Gasteiger partial charge is 0.364 e. The van der Waals surface area contributed by atoms with Crippen molar-refractivity contribution in [3.63, 3.8) is 0 Å². The summed E-state index contributed by atoms with van der Waals surface area (Å²) in [4.78, 5) is 13.3. The predicted octanol–water partition coefficient (Wildman–Crippen LogP) is 0.842. The fraction of sp³-hybridized carbons (Fsp3) is 0.467. The lowest BCUT2D eigenvalue weighted by molar-refractivity contribution is -0.907. The SMILES string of the molecule is C[C@@H]1C[NH+](CC(=O)Nc2ccc(C#N)c(Cl)c2)C[C@@H](C)O1. The molecule has 1 heterocycles. The summed E-state index contributed by atoms with van der Waals surface area (Å²) in [6, 6.07) is 6.87. The van der Waals surface area contributed by atoms with Crippen LogP contribution in [-0.2, 0) is 9.53 Å². The smallest absolute Gasteiger partial charge is 0.279 e. The van der Waals surface area contributed by atoms with Gasteiger partial charge >= 0.3 is 0 Å². The number of halogens is 1. The summed E-state index contributed by atoms with van der Waals surface area (Å²) in [5.74, 6) is -0.0629. The molecule has 1 aromatic carbocycles. The number of carbonyl (C=O) groups excluding carboxylic acids is 1. The summed E-state index contributed by atoms with van der Waals surface area (Å²) < 4.78 is 5.66. The van der Waals surface area contributed by atoms with Crippen molar-refractivity contribution in [3.8, 4) is 6.07 Å². The molecule has 1 saturated heterocycles. The van der Waals surface area contributed by atoms with E-state index in [4.69, 9.17) is 21.6 Å². The normalized spacial score (nSPS) is 25.1. The van der Waals surface area contributed by atoms with Gasteiger partial charge in [-0.25, -0.2) is 0 Å². The van der Waals surface area contributed by atoms with Crippen molar-refractivity contribution in [1.82, 2.24) is 0 Å². The number of hydrogen-bond donors (Lipinski definition) is 2. The minimum atomic E-state index is -0.0629. The van der Waals surface area contributed by atoms with Gasteiger partial charge in [-0.2, -0.15) is 5.26 Å². The molecule has 1 aromatic rings. The van der Waals surface area contributed by atoms with E-state index in [1.165, 1.54) is 4.90 Å². The number of rotatable bonds is 3. The number of morpholine rings is 1. The minimum Gasteiger partial charge on any atom is -0.364 e. The second kappa shape index (κ2) is 6.90. The number of nitrogens with zero attached hydrogens (tertiary/aromatic N) is 1. The highest BCUT2D eigenvalue weighted by atomic mass is 35.5. The number of ether oxygens (including phenoxy) is 1. The van der Waals surface area contributed by atoms with E-state index in [9.17, 15) is 4.79 Å². The number of amides is 1. The molecule has 112 valence electrons. The number of carbonyl (C=O) groups is 1. The molecular weight excluding hydrogens is 290 g/mol. The Morgan fingerprint density at radius 2 is 2.14 bits per heavy atom. The molecule has 21 heavy (non-hydrogen) atoms. The highest BCUT2D eigenvalue weighted by molar-refractivity contribution is 6.32. The second-order valence-electron chi connectivity index (χ2n) is 5.45. The van der Waals surface area contributed by atoms with Crippen LogP contribution < -0.4 is 10.2 Å². The molecule has 1 fully saturated rings. The third-order valence-corrected chi connectivity index (χ3v) is 3.71. The summed E-state index contributed by atoms with van der Waals surface area (Å²) in [7, 11) is 0. The Bertz CT molecular complexity index is 561. The Hall–Kier alpha value is -1.61. The molecule has 1 amide bonds. The molecule has 0 spiro atoms. The molecule has 0 bridgehead atoms. The molecule has 0 aromatic heterocycles. The second-order valence-corrected chi connectivity index (χ2v) is 5.85. The molecular formula is C15H19ClN3O2+. The first-order valence-electron chi connectivity index (χ1n) is 6.96. The zero-order valence-electron chi connectivity index (χ0n) is 12.1. The summed E-state index contributed by atoms with van der Waals surface area (Å²) in [6.45, 7) is 6.09. The summed E-state index contributed by atoms with van der Waals surface area (Å²) >= 11 is 5.95. The van der Waals surface area contributed by atoms with Gasteiger partial charge in [0.15, 0.2) is 6.54 Å². The Balaban J connectivity index is 1.93. The third kappa shape index (κ3) is 4.43. The molecule has 2 N–H and O–H groups in total. The number of hydrogen-bond acceptors (Lipinski definition) is 3. The zero-order chi connectivity index (χ0) is 15.4. The molecule has 0 unspecified atom stereocenters. The van der Waals surface area contributed by atoms with Crippen molar-refractivity contribution in [2.24, 2.45) is 0 Å². The lowest BCUT2D eigenvalue weighted by atomic mass is 10.2. The molecule has 2 rings (SSSR count). The van der Waals surface area contributed by atoms with E-state index >= 15 is 0 Å². The van der Waals surface area contributed by atoms with Crippen LogP contribution in [0.3, 0.4) is 0 Å². The van der Waals surface area contributed by atoms with Crippen LogP contribution in [-0.4, -0.2) is 37.7 Å². The lowest BCUT2D eigenvalue weighted by Gasteiger charge is -2.31. The number of nitriles is 1. The summed E-state index contributed by atoms with van der Waals surface area (Å²) in [5, 5.41) is 12.0. The van der Waals surface area contributed by atoms with Gasteiger partial charge < -0.3 is 15.0 Å². The Morgan fingerprint density at radius 3 is 2.71 bits per heavy atom. The van der Waals surface area contributed by atoms with Crippen molar-refractivity contribution in [3.05, 3.63) is 28.8 Å². The van der Waals surface area contributed by atoms with Crippen LogP contribution in [0.15, 0.2) is 18.2 Å². The van der Waals surface area contributed by atoms with E-state index in [1.807, 2.05) is 19.9 Å². The van der Waals surface area contributed by atoms with Gasteiger partial charge in [0.25, 0.3) is 5.91 Å². The topological polar surface area (TPSA) is 66.6 Å². The maximum absolute atomic E-state index is 12.1. The fourth-order valence-electron chi connectivity index (χ4n) is 2.65. The van der Waals surface area contributed by atoms with Crippen molar-refractivity contribution in [2.45, 2.75) is 26.1 Å². The quantitative estimate of drug-likeness (QED) is 0.870. The molecule has 0 saturated carbocycles. The van der Waals surface area contributed by atoms with Crippen LogP contribution in [0.4, 0.5) is 5.69 Å². The van der Waals surface area contributed by atoms with Gasteiger partial charge in [-0.1, -0.05) is 11.6 Å². The van der Waals surface area contributed by atoms with Crippen LogP contribution in [0.1, 0.15) is 19.4 Å². The van der Waals surface area contributed by atoms with E-state index in [-0.39, 0.29) is 18.1 Å². The van der Waals surface area contributed by atoms with Gasteiger partial charge in [0.2, 0.25) is 0 Å². The first-order chi connectivity index (χ1) is 9.97. The van der Waals surface area contributed by atoms with E-state index in [0.717, 1.165) is 13.1 Å². The van der Waals surface area contributed by atoms with Gasteiger partial charge in [-0.15, -0.1) is 0 Å². The third-order valence-electron chi connectivity index (χ3n) is 3.40. The predicted molar refractivity (Wildman–Crippen MR) is 80.4 cm³/mol.